The largest absolute Gasteiger partial charge is 0.324 e. The van der Waals surface area contributed by atoms with Crippen LogP contribution >= 0.6 is 0 Å². The van der Waals surface area contributed by atoms with E-state index in [0.29, 0.717) is 0 Å². The smallest absolute Gasteiger partial charge is 0.140 e. The van der Waals surface area contributed by atoms with Crippen molar-refractivity contribution in [2.75, 3.05) is 26.2 Å². The molecule has 0 saturated carbocycles. The monoisotopic (exact) mass is 596 g/mol. The first-order valence-electron chi connectivity index (χ1n) is 16.6. The van der Waals surface area contributed by atoms with Crippen molar-refractivity contribution in [2.45, 2.75) is 58.8 Å². The maximum atomic E-state index is 4.63. The number of aromatic nitrogens is 4. The third-order valence-corrected chi connectivity index (χ3v) is 9.30. The first-order valence-corrected chi connectivity index (χ1v) is 16.6. The summed E-state index contributed by atoms with van der Waals surface area (Å²) >= 11 is 0. The average molecular weight is 597 g/mol. The lowest BCUT2D eigenvalue weighted by Gasteiger charge is -2.17. The molecule has 0 N–H and O–H groups in total. The molecule has 2 fully saturated rings. The molecule has 0 spiro atoms. The van der Waals surface area contributed by atoms with Crippen LogP contribution in [0.15, 0.2) is 103 Å². The predicted octanol–water partition coefficient (Wildman–Crippen LogP) is 7.67. The Balaban J connectivity index is 0.000000145. The van der Waals surface area contributed by atoms with Gasteiger partial charge in [-0.2, -0.15) is 0 Å². The van der Waals surface area contributed by atoms with Crippen LogP contribution in [0.4, 0.5) is 0 Å². The molecule has 2 saturated heterocycles. The Morgan fingerprint density at radius 1 is 0.511 bits per heavy atom. The van der Waals surface area contributed by atoms with Crippen LogP contribution in [0.25, 0.3) is 22.1 Å². The fourth-order valence-electron chi connectivity index (χ4n) is 6.88. The van der Waals surface area contributed by atoms with Gasteiger partial charge in [-0.1, -0.05) is 60.2 Å². The van der Waals surface area contributed by atoms with Crippen molar-refractivity contribution in [1.82, 2.24) is 28.9 Å². The summed E-state index contributed by atoms with van der Waals surface area (Å²) in [4.78, 5) is 14.4. The third kappa shape index (κ3) is 7.03. The van der Waals surface area contributed by atoms with Gasteiger partial charge in [-0.3, -0.25) is 9.80 Å². The molecule has 0 amide bonds. The van der Waals surface area contributed by atoms with Gasteiger partial charge in [-0.05, 0) is 106 Å². The van der Waals surface area contributed by atoms with Crippen LogP contribution in [0.2, 0.25) is 0 Å². The molecule has 0 radical (unpaired) electrons. The quantitative estimate of drug-likeness (QED) is 0.181. The van der Waals surface area contributed by atoms with Crippen molar-refractivity contribution in [1.29, 1.82) is 0 Å². The minimum absolute atomic E-state index is 0.893. The first kappa shape index (κ1) is 29.5. The SMILES string of the molecule is Cc1ccc(Cn2c(CN3CCCC3)cc3cccnc32)cc1.c1ccc(Cn2c(CN3CCCC3)cc3cccnc32)cc1. The molecule has 8 rings (SSSR count). The van der Waals surface area contributed by atoms with Gasteiger partial charge in [0.1, 0.15) is 11.3 Å². The number of fused-ring (bicyclic) bond motifs is 2. The van der Waals surface area contributed by atoms with Crippen molar-refractivity contribution in [3.8, 4) is 0 Å². The molecule has 0 atom stereocenters. The van der Waals surface area contributed by atoms with Crippen molar-refractivity contribution in [2.24, 2.45) is 0 Å². The Kier molecular flexibility index (Phi) is 9.03. The van der Waals surface area contributed by atoms with E-state index in [1.807, 2.05) is 24.5 Å². The number of hydrogen-bond donors (Lipinski definition) is 0. The van der Waals surface area contributed by atoms with Gasteiger partial charge in [0.25, 0.3) is 0 Å². The highest BCUT2D eigenvalue weighted by Crippen LogP contribution is 2.24. The van der Waals surface area contributed by atoms with Gasteiger partial charge in [0.2, 0.25) is 0 Å². The number of benzene rings is 2. The highest BCUT2D eigenvalue weighted by Gasteiger charge is 2.18. The summed E-state index contributed by atoms with van der Waals surface area (Å²) in [5.74, 6) is 0. The van der Waals surface area contributed by atoms with Gasteiger partial charge >= 0.3 is 0 Å². The van der Waals surface area contributed by atoms with Crippen molar-refractivity contribution in [3.63, 3.8) is 0 Å². The van der Waals surface area contributed by atoms with Crippen LogP contribution in [0, 0.1) is 6.92 Å². The third-order valence-electron chi connectivity index (χ3n) is 9.30. The molecule has 2 aliphatic rings. The van der Waals surface area contributed by atoms with Gasteiger partial charge in [-0.25, -0.2) is 9.97 Å². The number of pyridine rings is 2. The van der Waals surface area contributed by atoms with Gasteiger partial charge < -0.3 is 9.13 Å². The van der Waals surface area contributed by atoms with Crippen LogP contribution in [0.5, 0.6) is 0 Å². The molecule has 0 aliphatic carbocycles. The fourth-order valence-corrected chi connectivity index (χ4v) is 6.88. The van der Waals surface area contributed by atoms with E-state index in [1.54, 1.807) is 0 Å². The van der Waals surface area contributed by atoms with Crippen LogP contribution < -0.4 is 0 Å². The summed E-state index contributed by atoms with van der Waals surface area (Å²) < 4.78 is 4.77. The van der Waals surface area contributed by atoms with Crippen LogP contribution in [-0.4, -0.2) is 55.1 Å². The van der Waals surface area contributed by atoms with E-state index in [-0.39, 0.29) is 0 Å². The number of hydrogen-bond acceptors (Lipinski definition) is 4. The summed E-state index contributed by atoms with van der Waals surface area (Å²) in [6, 6.07) is 32.5. The van der Waals surface area contributed by atoms with Crippen LogP contribution in [0.3, 0.4) is 0 Å². The van der Waals surface area contributed by atoms with Gasteiger partial charge in [-0.15, -0.1) is 0 Å². The molecule has 45 heavy (non-hydrogen) atoms. The lowest BCUT2D eigenvalue weighted by Crippen LogP contribution is -2.20. The Labute approximate surface area is 267 Å². The number of likely N-dealkylation sites (tertiary alicyclic amines) is 2. The number of aryl methyl sites for hydroxylation is 1. The highest BCUT2D eigenvalue weighted by molar-refractivity contribution is 5.78. The van der Waals surface area contributed by atoms with E-state index in [0.717, 1.165) is 37.5 Å². The molecule has 230 valence electrons. The molecular weight excluding hydrogens is 552 g/mol. The summed E-state index contributed by atoms with van der Waals surface area (Å²) in [7, 11) is 0. The summed E-state index contributed by atoms with van der Waals surface area (Å²) in [6.07, 6.45) is 9.11. The average Bonchev–Trinajstić information content (AvgIpc) is 3.89. The highest BCUT2D eigenvalue weighted by atomic mass is 15.2. The van der Waals surface area contributed by atoms with E-state index >= 15 is 0 Å². The Morgan fingerprint density at radius 2 is 0.978 bits per heavy atom. The minimum atomic E-state index is 0.893. The van der Waals surface area contributed by atoms with E-state index in [4.69, 9.17) is 0 Å². The Morgan fingerprint density at radius 3 is 1.47 bits per heavy atom. The molecule has 6 nitrogen and oxygen atoms in total. The molecule has 2 aliphatic heterocycles. The summed E-state index contributed by atoms with van der Waals surface area (Å²) in [6.45, 7) is 10.9. The predicted molar refractivity (Wildman–Crippen MR) is 184 cm³/mol. The zero-order valence-corrected chi connectivity index (χ0v) is 26.5. The second kappa shape index (κ2) is 13.8. The van der Waals surface area contributed by atoms with E-state index in [2.05, 4.69) is 115 Å². The molecule has 0 unspecified atom stereocenters. The fraction of sp³-hybridized carbons (Fsp3) is 0.333. The topological polar surface area (TPSA) is 42.1 Å². The Bertz CT molecular complexity index is 1820. The van der Waals surface area contributed by atoms with Crippen LogP contribution in [-0.2, 0) is 26.2 Å². The maximum absolute atomic E-state index is 4.63. The molecule has 4 aromatic heterocycles. The Hall–Kier alpha value is -4.26. The van der Waals surface area contributed by atoms with E-state index < -0.39 is 0 Å². The molecule has 6 heterocycles. The standard InChI is InChI=1S/C20H23N3.C19H21N3/c1-16-6-8-17(9-7-16)14-23-19(15-22-11-2-3-12-22)13-18-5-4-10-21-20(18)23;1-2-7-16(8-3-1)14-22-18(15-21-11-4-5-12-21)13-17-9-6-10-20-19(17)22/h4-10,13H,2-3,11-12,14-15H2,1H3;1-3,6-10,13H,4-5,11-12,14-15H2. The van der Waals surface area contributed by atoms with Crippen molar-refractivity contribution in [3.05, 3.63) is 131 Å². The maximum Gasteiger partial charge on any atom is 0.140 e. The summed E-state index contributed by atoms with van der Waals surface area (Å²) in [5, 5.41) is 2.49. The normalized spacial score (nSPS) is 15.6. The zero-order valence-electron chi connectivity index (χ0n) is 26.5. The van der Waals surface area contributed by atoms with Gasteiger partial charge in [0.05, 0.1) is 0 Å². The van der Waals surface area contributed by atoms with Crippen molar-refractivity contribution >= 4 is 22.1 Å². The molecule has 6 aromatic rings. The molecule has 0 bridgehead atoms. The minimum Gasteiger partial charge on any atom is -0.324 e. The van der Waals surface area contributed by atoms with E-state index in [9.17, 15) is 0 Å². The second-order valence-electron chi connectivity index (χ2n) is 12.7. The molecule has 6 heteroatoms. The zero-order chi connectivity index (χ0) is 30.4. The van der Waals surface area contributed by atoms with Crippen molar-refractivity contribution < 1.29 is 0 Å². The van der Waals surface area contributed by atoms with Gasteiger partial charge in [0.15, 0.2) is 0 Å². The first-order chi connectivity index (χ1) is 22.2. The summed E-state index contributed by atoms with van der Waals surface area (Å²) in [5.41, 5.74) is 8.92. The lowest BCUT2D eigenvalue weighted by atomic mass is 10.1. The van der Waals surface area contributed by atoms with E-state index in [1.165, 1.54) is 90.7 Å². The lowest BCUT2D eigenvalue weighted by molar-refractivity contribution is 0.323. The van der Waals surface area contributed by atoms with Crippen LogP contribution in [0.1, 0.15) is 53.8 Å². The molecular formula is C39H44N6. The number of nitrogens with zero attached hydrogens (tertiary/aromatic N) is 6. The molecule has 2 aromatic carbocycles. The van der Waals surface area contributed by atoms with Gasteiger partial charge in [0, 0.05) is 60.7 Å². The second-order valence-corrected chi connectivity index (χ2v) is 12.7. The number of rotatable bonds is 8.